The molecular weight excluding hydrogens is 248 g/mol. The lowest BCUT2D eigenvalue weighted by Crippen LogP contribution is -2.30. The summed E-state index contributed by atoms with van der Waals surface area (Å²) in [6.07, 6.45) is 1.83. The van der Waals surface area contributed by atoms with Gasteiger partial charge < -0.3 is 15.8 Å². The van der Waals surface area contributed by atoms with Crippen LogP contribution in [0.2, 0.25) is 0 Å². The van der Waals surface area contributed by atoms with E-state index in [1.165, 1.54) is 0 Å². The van der Waals surface area contributed by atoms with E-state index in [-0.39, 0.29) is 11.8 Å². The molecule has 96 valence electrons. The largest absolute Gasteiger partial charge is 0.389 e. The number of rotatable bonds is 3. The summed E-state index contributed by atoms with van der Waals surface area (Å²) in [6.45, 7) is 1.27. The SMILES string of the molecule is NC(=S)c1ccc(NC(=O)C2CCCOC2)cc1. The van der Waals surface area contributed by atoms with Crippen LogP contribution < -0.4 is 11.1 Å². The predicted octanol–water partition coefficient (Wildman–Crippen LogP) is 1.69. The molecule has 0 aromatic heterocycles. The maximum Gasteiger partial charge on any atom is 0.229 e. The minimum absolute atomic E-state index is 0.0118. The Morgan fingerprint density at radius 3 is 2.67 bits per heavy atom. The standard InChI is InChI=1S/C13H16N2O2S/c14-12(18)9-3-5-11(6-4-9)15-13(16)10-2-1-7-17-8-10/h3-6,10H,1-2,7-8H2,(H2,14,18)(H,15,16). The lowest BCUT2D eigenvalue weighted by atomic mass is 10.0. The van der Waals surface area contributed by atoms with Crippen LogP contribution in [0.4, 0.5) is 5.69 Å². The summed E-state index contributed by atoms with van der Waals surface area (Å²) in [5.74, 6) is -0.0354. The number of hydrogen-bond acceptors (Lipinski definition) is 3. The first-order valence-electron chi connectivity index (χ1n) is 5.95. The zero-order valence-corrected chi connectivity index (χ0v) is 10.8. The van der Waals surface area contributed by atoms with Crippen LogP contribution >= 0.6 is 12.2 Å². The van der Waals surface area contributed by atoms with Gasteiger partial charge in [-0.15, -0.1) is 0 Å². The molecule has 1 heterocycles. The molecule has 1 aliphatic rings. The van der Waals surface area contributed by atoms with Crippen molar-refractivity contribution in [3.63, 3.8) is 0 Å². The van der Waals surface area contributed by atoms with Crippen molar-refractivity contribution in [2.24, 2.45) is 11.7 Å². The van der Waals surface area contributed by atoms with E-state index in [2.05, 4.69) is 5.32 Å². The second-order valence-corrected chi connectivity index (χ2v) is 4.78. The van der Waals surface area contributed by atoms with Gasteiger partial charge in [-0.2, -0.15) is 0 Å². The lowest BCUT2D eigenvalue weighted by molar-refractivity contribution is -0.123. The highest BCUT2D eigenvalue weighted by Gasteiger charge is 2.21. The van der Waals surface area contributed by atoms with Crippen molar-refractivity contribution in [1.82, 2.24) is 0 Å². The van der Waals surface area contributed by atoms with Crippen molar-refractivity contribution in [2.45, 2.75) is 12.8 Å². The van der Waals surface area contributed by atoms with Gasteiger partial charge in [0.1, 0.15) is 4.99 Å². The number of hydrogen-bond donors (Lipinski definition) is 2. The van der Waals surface area contributed by atoms with Crippen LogP contribution in [-0.2, 0) is 9.53 Å². The summed E-state index contributed by atoms with van der Waals surface area (Å²) in [5.41, 5.74) is 7.06. The van der Waals surface area contributed by atoms with Crippen molar-refractivity contribution in [3.8, 4) is 0 Å². The summed E-state index contributed by atoms with van der Waals surface area (Å²) in [6, 6.07) is 7.21. The monoisotopic (exact) mass is 264 g/mol. The first kappa shape index (κ1) is 13.0. The van der Waals surface area contributed by atoms with E-state index >= 15 is 0 Å². The molecular formula is C13H16N2O2S. The molecule has 1 saturated heterocycles. The van der Waals surface area contributed by atoms with E-state index < -0.39 is 0 Å². The Kier molecular flexibility index (Phi) is 4.28. The maximum absolute atomic E-state index is 11.9. The minimum atomic E-state index is -0.0472. The average Bonchev–Trinajstić information content (AvgIpc) is 2.40. The topological polar surface area (TPSA) is 64.3 Å². The third-order valence-corrected chi connectivity index (χ3v) is 3.20. The summed E-state index contributed by atoms with van der Waals surface area (Å²) in [7, 11) is 0. The number of carbonyl (C=O) groups is 1. The average molecular weight is 264 g/mol. The molecule has 1 unspecified atom stereocenters. The van der Waals surface area contributed by atoms with E-state index in [0.29, 0.717) is 11.6 Å². The number of carbonyl (C=O) groups excluding carboxylic acids is 1. The Bertz CT molecular complexity index is 439. The van der Waals surface area contributed by atoms with E-state index in [9.17, 15) is 4.79 Å². The van der Waals surface area contributed by atoms with E-state index in [0.717, 1.165) is 30.7 Å². The van der Waals surface area contributed by atoms with Gasteiger partial charge in [0.15, 0.2) is 0 Å². The number of ether oxygens (including phenoxy) is 1. The molecule has 4 nitrogen and oxygen atoms in total. The number of nitrogens with two attached hydrogens (primary N) is 1. The Balaban J connectivity index is 1.96. The Labute approximate surface area is 112 Å². The normalized spacial score (nSPS) is 19.2. The van der Waals surface area contributed by atoms with Crippen LogP contribution in [0.5, 0.6) is 0 Å². The van der Waals surface area contributed by atoms with Gasteiger partial charge in [0, 0.05) is 17.9 Å². The minimum Gasteiger partial charge on any atom is -0.389 e. The van der Waals surface area contributed by atoms with Gasteiger partial charge in [-0.25, -0.2) is 0 Å². The van der Waals surface area contributed by atoms with Gasteiger partial charge >= 0.3 is 0 Å². The highest BCUT2D eigenvalue weighted by molar-refractivity contribution is 7.80. The number of amides is 1. The molecule has 1 aromatic rings. The molecule has 1 aliphatic heterocycles. The van der Waals surface area contributed by atoms with Crippen LogP contribution in [0.3, 0.4) is 0 Å². The highest BCUT2D eigenvalue weighted by atomic mass is 32.1. The highest BCUT2D eigenvalue weighted by Crippen LogP contribution is 2.17. The molecule has 1 fully saturated rings. The third kappa shape index (κ3) is 3.27. The van der Waals surface area contributed by atoms with E-state index in [4.69, 9.17) is 22.7 Å². The van der Waals surface area contributed by atoms with E-state index in [1.54, 1.807) is 24.3 Å². The first-order valence-corrected chi connectivity index (χ1v) is 6.36. The van der Waals surface area contributed by atoms with Gasteiger partial charge in [0.05, 0.1) is 12.5 Å². The van der Waals surface area contributed by atoms with Crippen LogP contribution in [-0.4, -0.2) is 24.1 Å². The molecule has 0 saturated carbocycles. The zero-order valence-electron chi connectivity index (χ0n) is 10.0. The second kappa shape index (κ2) is 5.93. The summed E-state index contributed by atoms with van der Waals surface area (Å²) in [4.78, 5) is 12.3. The number of thiocarbonyl (C=S) groups is 1. The molecule has 0 bridgehead atoms. The Morgan fingerprint density at radius 1 is 1.39 bits per heavy atom. The van der Waals surface area contributed by atoms with Gasteiger partial charge in [-0.05, 0) is 37.1 Å². The van der Waals surface area contributed by atoms with Gasteiger partial charge in [-0.1, -0.05) is 12.2 Å². The summed E-state index contributed by atoms with van der Waals surface area (Å²) < 4.78 is 5.30. The smallest absolute Gasteiger partial charge is 0.229 e. The number of benzene rings is 1. The summed E-state index contributed by atoms with van der Waals surface area (Å²) in [5, 5.41) is 2.87. The Morgan fingerprint density at radius 2 is 2.11 bits per heavy atom. The van der Waals surface area contributed by atoms with Gasteiger partial charge in [0.2, 0.25) is 5.91 Å². The predicted molar refractivity (Wildman–Crippen MR) is 74.5 cm³/mol. The van der Waals surface area contributed by atoms with Crippen molar-refractivity contribution < 1.29 is 9.53 Å². The van der Waals surface area contributed by atoms with E-state index in [1.807, 2.05) is 0 Å². The fraction of sp³-hybridized carbons (Fsp3) is 0.385. The molecule has 18 heavy (non-hydrogen) atoms. The van der Waals surface area contributed by atoms with Crippen LogP contribution in [0.15, 0.2) is 24.3 Å². The molecule has 1 aromatic carbocycles. The number of nitrogens with one attached hydrogen (secondary N) is 1. The fourth-order valence-electron chi connectivity index (χ4n) is 1.91. The Hall–Kier alpha value is -1.46. The van der Waals surface area contributed by atoms with Crippen LogP contribution in [0.25, 0.3) is 0 Å². The second-order valence-electron chi connectivity index (χ2n) is 4.34. The lowest BCUT2D eigenvalue weighted by Gasteiger charge is -2.21. The molecule has 1 atom stereocenters. The quantitative estimate of drug-likeness (QED) is 0.815. The molecule has 1 amide bonds. The van der Waals surface area contributed by atoms with Crippen molar-refractivity contribution in [1.29, 1.82) is 0 Å². The molecule has 0 spiro atoms. The van der Waals surface area contributed by atoms with Gasteiger partial charge in [0.25, 0.3) is 0 Å². The third-order valence-electron chi connectivity index (χ3n) is 2.97. The van der Waals surface area contributed by atoms with Crippen molar-refractivity contribution >= 4 is 28.8 Å². The van der Waals surface area contributed by atoms with Crippen molar-refractivity contribution in [3.05, 3.63) is 29.8 Å². The molecule has 3 N–H and O–H groups in total. The molecule has 2 rings (SSSR count). The first-order chi connectivity index (χ1) is 8.66. The molecule has 0 aliphatic carbocycles. The van der Waals surface area contributed by atoms with Crippen LogP contribution in [0.1, 0.15) is 18.4 Å². The summed E-state index contributed by atoms with van der Waals surface area (Å²) >= 11 is 4.87. The molecule has 5 heteroatoms. The van der Waals surface area contributed by atoms with Crippen LogP contribution in [0, 0.1) is 5.92 Å². The molecule has 0 radical (unpaired) electrons. The maximum atomic E-state index is 11.9. The van der Waals surface area contributed by atoms with Gasteiger partial charge in [-0.3, -0.25) is 4.79 Å². The zero-order chi connectivity index (χ0) is 13.0. The van der Waals surface area contributed by atoms with Crippen molar-refractivity contribution in [2.75, 3.05) is 18.5 Å². The fourth-order valence-corrected chi connectivity index (χ4v) is 2.05. The number of anilines is 1.